The average Bonchev–Trinajstić information content (AvgIpc) is 3.16. The van der Waals surface area contributed by atoms with Crippen molar-refractivity contribution in [2.75, 3.05) is 5.32 Å². The van der Waals surface area contributed by atoms with Gasteiger partial charge in [-0.2, -0.15) is 5.10 Å². The van der Waals surface area contributed by atoms with Crippen LogP contribution in [0.2, 0.25) is 0 Å². The number of nitrogens with one attached hydrogen (secondary N) is 1. The van der Waals surface area contributed by atoms with Gasteiger partial charge in [0.2, 0.25) is 5.91 Å². The maximum absolute atomic E-state index is 12.2. The monoisotopic (exact) mass is 334 g/mol. The van der Waals surface area contributed by atoms with E-state index in [2.05, 4.69) is 21.5 Å². The largest absolute Gasteiger partial charge is 0.326 e. The number of benzene rings is 1. The van der Waals surface area contributed by atoms with Crippen LogP contribution in [0, 0.1) is 0 Å². The van der Waals surface area contributed by atoms with Crippen molar-refractivity contribution in [2.24, 2.45) is 0 Å². The first-order valence-electron chi connectivity index (χ1n) is 8.47. The highest BCUT2D eigenvalue weighted by atomic mass is 16.1. The lowest BCUT2D eigenvalue weighted by molar-refractivity contribution is -0.116. The van der Waals surface area contributed by atoms with Gasteiger partial charge in [0.05, 0.1) is 6.04 Å². The molecule has 1 aromatic carbocycles. The molecule has 3 rings (SSSR count). The van der Waals surface area contributed by atoms with Gasteiger partial charge in [0, 0.05) is 36.9 Å². The van der Waals surface area contributed by atoms with Crippen LogP contribution < -0.4 is 5.32 Å². The molecule has 128 valence electrons. The molecular formula is C20H22N4O. The fourth-order valence-electron chi connectivity index (χ4n) is 2.76. The zero-order valence-electron chi connectivity index (χ0n) is 14.3. The van der Waals surface area contributed by atoms with Gasteiger partial charge in [0.1, 0.15) is 0 Å². The summed E-state index contributed by atoms with van der Waals surface area (Å²) in [7, 11) is 0. The lowest BCUT2D eigenvalue weighted by Crippen LogP contribution is -2.18. The summed E-state index contributed by atoms with van der Waals surface area (Å²) >= 11 is 0. The van der Waals surface area contributed by atoms with Gasteiger partial charge in [0.25, 0.3) is 0 Å². The third-order valence-electron chi connectivity index (χ3n) is 4.12. The molecule has 0 aliphatic heterocycles. The normalized spacial score (nSPS) is 11.9. The quantitative estimate of drug-likeness (QED) is 0.717. The molecule has 5 heteroatoms. The van der Waals surface area contributed by atoms with Crippen molar-refractivity contribution in [3.8, 4) is 0 Å². The summed E-state index contributed by atoms with van der Waals surface area (Å²) in [5.74, 6) is -0.00529. The lowest BCUT2D eigenvalue weighted by Gasteiger charge is -2.13. The van der Waals surface area contributed by atoms with Crippen molar-refractivity contribution >= 4 is 11.6 Å². The van der Waals surface area contributed by atoms with Crippen LogP contribution in [0.5, 0.6) is 0 Å². The molecule has 0 spiro atoms. The van der Waals surface area contributed by atoms with Gasteiger partial charge in [-0.1, -0.05) is 12.1 Å². The Bertz CT molecular complexity index is 800. The summed E-state index contributed by atoms with van der Waals surface area (Å²) < 4.78 is 1.80. The smallest absolute Gasteiger partial charge is 0.226 e. The zero-order chi connectivity index (χ0) is 17.5. The minimum atomic E-state index is -0.00529. The Balaban J connectivity index is 1.55. The number of carbonyl (C=O) groups excluding carboxylic acids is 1. The van der Waals surface area contributed by atoms with Crippen LogP contribution in [-0.4, -0.2) is 20.7 Å². The van der Waals surface area contributed by atoms with E-state index < -0.39 is 0 Å². The molecule has 2 aromatic heterocycles. The van der Waals surface area contributed by atoms with Crippen molar-refractivity contribution in [1.29, 1.82) is 0 Å². The molecule has 0 aliphatic carbocycles. The number of carbonyl (C=O) groups is 1. The van der Waals surface area contributed by atoms with Gasteiger partial charge in [-0.3, -0.25) is 14.5 Å². The first-order chi connectivity index (χ1) is 12.2. The SMILES string of the molecule is C[C@@H](CC(=O)Nc1cccc(CCc2ccncc2)c1)n1cccn1. The van der Waals surface area contributed by atoms with Gasteiger partial charge in [-0.05, 0) is 61.2 Å². The molecule has 0 unspecified atom stereocenters. The summed E-state index contributed by atoms with van der Waals surface area (Å²) in [6, 6.07) is 14.0. The third-order valence-corrected chi connectivity index (χ3v) is 4.12. The number of amides is 1. The first-order valence-corrected chi connectivity index (χ1v) is 8.47. The van der Waals surface area contributed by atoms with E-state index in [9.17, 15) is 4.79 Å². The minimum absolute atomic E-state index is 0.00529. The number of pyridine rings is 1. The van der Waals surface area contributed by atoms with E-state index in [1.807, 2.05) is 61.9 Å². The van der Waals surface area contributed by atoms with E-state index in [0.717, 1.165) is 18.5 Å². The molecule has 0 saturated heterocycles. The number of aryl methyl sites for hydroxylation is 2. The van der Waals surface area contributed by atoms with Gasteiger partial charge in [-0.25, -0.2) is 0 Å². The highest BCUT2D eigenvalue weighted by Crippen LogP contribution is 2.15. The molecule has 0 saturated carbocycles. The van der Waals surface area contributed by atoms with Crippen LogP contribution in [0.25, 0.3) is 0 Å². The molecule has 5 nitrogen and oxygen atoms in total. The molecule has 0 fully saturated rings. The van der Waals surface area contributed by atoms with E-state index in [-0.39, 0.29) is 11.9 Å². The minimum Gasteiger partial charge on any atom is -0.326 e. The molecule has 0 bridgehead atoms. The van der Waals surface area contributed by atoms with E-state index in [0.29, 0.717) is 6.42 Å². The number of nitrogens with zero attached hydrogens (tertiary/aromatic N) is 3. The van der Waals surface area contributed by atoms with Crippen LogP contribution in [0.4, 0.5) is 5.69 Å². The molecule has 25 heavy (non-hydrogen) atoms. The Hall–Kier alpha value is -2.95. The first kappa shape index (κ1) is 16.9. The second-order valence-electron chi connectivity index (χ2n) is 6.14. The summed E-state index contributed by atoms with van der Waals surface area (Å²) in [6.45, 7) is 1.98. The maximum Gasteiger partial charge on any atom is 0.226 e. The Kier molecular flexibility index (Phi) is 5.57. The Morgan fingerprint density at radius 2 is 1.88 bits per heavy atom. The van der Waals surface area contributed by atoms with Gasteiger partial charge in [0.15, 0.2) is 0 Å². The summed E-state index contributed by atoms with van der Waals surface area (Å²) in [5, 5.41) is 7.16. The summed E-state index contributed by atoms with van der Waals surface area (Å²) in [4.78, 5) is 16.3. The molecule has 1 atom stereocenters. The zero-order valence-corrected chi connectivity index (χ0v) is 14.3. The van der Waals surface area contributed by atoms with Crippen molar-refractivity contribution in [2.45, 2.75) is 32.2 Å². The third kappa shape index (κ3) is 5.01. The Morgan fingerprint density at radius 1 is 1.08 bits per heavy atom. The van der Waals surface area contributed by atoms with Crippen LogP contribution in [0.1, 0.15) is 30.5 Å². The van der Waals surface area contributed by atoms with Gasteiger partial charge >= 0.3 is 0 Å². The van der Waals surface area contributed by atoms with Gasteiger partial charge in [-0.15, -0.1) is 0 Å². The van der Waals surface area contributed by atoms with Crippen LogP contribution in [0.15, 0.2) is 67.3 Å². The highest BCUT2D eigenvalue weighted by Gasteiger charge is 2.11. The average molecular weight is 334 g/mol. The number of anilines is 1. The molecule has 0 aliphatic rings. The second kappa shape index (κ2) is 8.24. The van der Waals surface area contributed by atoms with Crippen molar-refractivity contribution < 1.29 is 4.79 Å². The topological polar surface area (TPSA) is 59.8 Å². The molecular weight excluding hydrogens is 312 g/mol. The predicted molar refractivity (Wildman–Crippen MR) is 98.3 cm³/mol. The summed E-state index contributed by atoms with van der Waals surface area (Å²) in [5.41, 5.74) is 3.30. The van der Waals surface area contributed by atoms with Crippen molar-refractivity contribution in [3.05, 3.63) is 78.4 Å². The fraction of sp³-hybridized carbons (Fsp3) is 0.250. The van der Waals surface area contributed by atoms with E-state index in [1.54, 1.807) is 10.9 Å². The Labute approximate surface area is 147 Å². The number of hydrogen-bond donors (Lipinski definition) is 1. The van der Waals surface area contributed by atoms with E-state index in [4.69, 9.17) is 0 Å². The summed E-state index contributed by atoms with van der Waals surface area (Å²) in [6.07, 6.45) is 9.49. The fourth-order valence-corrected chi connectivity index (χ4v) is 2.76. The van der Waals surface area contributed by atoms with Crippen LogP contribution in [-0.2, 0) is 17.6 Å². The van der Waals surface area contributed by atoms with Crippen LogP contribution in [0.3, 0.4) is 0 Å². The van der Waals surface area contributed by atoms with Crippen LogP contribution >= 0.6 is 0 Å². The van der Waals surface area contributed by atoms with E-state index >= 15 is 0 Å². The molecule has 3 aromatic rings. The van der Waals surface area contributed by atoms with Gasteiger partial charge < -0.3 is 5.32 Å². The second-order valence-corrected chi connectivity index (χ2v) is 6.14. The number of rotatable bonds is 7. The van der Waals surface area contributed by atoms with Crippen molar-refractivity contribution in [3.63, 3.8) is 0 Å². The standard InChI is InChI=1S/C20H22N4O/c1-16(24-13-3-10-22-24)14-20(25)23-19-5-2-4-18(15-19)7-6-17-8-11-21-12-9-17/h2-5,8-13,15-16H,6-7,14H2,1H3,(H,23,25)/t16-/m0/s1. The predicted octanol–water partition coefficient (Wildman–Crippen LogP) is 3.65. The highest BCUT2D eigenvalue weighted by molar-refractivity contribution is 5.91. The molecule has 2 heterocycles. The lowest BCUT2D eigenvalue weighted by atomic mass is 10.0. The molecule has 1 N–H and O–H groups in total. The van der Waals surface area contributed by atoms with E-state index in [1.165, 1.54) is 11.1 Å². The number of hydrogen-bond acceptors (Lipinski definition) is 3. The molecule has 1 amide bonds. The number of aromatic nitrogens is 3. The molecule has 0 radical (unpaired) electrons. The maximum atomic E-state index is 12.2. The Morgan fingerprint density at radius 3 is 2.64 bits per heavy atom. The van der Waals surface area contributed by atoms with Crippen molar-refractivity contribution in [1.82, 2.24) is 14.8 Å².